The fourth-order valence-corrected chi connectivity index (χ4v) is 4.16. The van der Waals surface area contributed by atoms with Crippen LogP contribution in [0.25, 0.3) is 0 Å². The first-order chi connectivity index (χ1) is 16.5. The molecule has 0 spiro atoms. The molecule has 1 fully saturated rings. The van der Waals surface area contributed by atoms with E-state index in [-0.39, 0.29) is 68.5 Å². The summed E-state index contributed by atoms with van der Waals surface area (Å²) in [7, 11) is 0. The number of halogens is 4. The molecular formula is C26H30F4N2O3. The summed E-state index contributed by atoms with van der Waals surface area (Å²) in [6.45, 7) is 5.25. The van der Waals surface area contributed by atoms with Crippen LogP contribution in [0.5, 0.6) is 0 Å². The summed E-state index contributed by atoms with van der Waals surface area (Å²) in [4.78, 5) is 29.0. The van der Waals surface area contributed by atoms with Gasteiger partial charge in [-0.05, 0) is 48.2 Å². The van der Waals surface area contributed by atoms with Crippen molar-refractivity contribution < 1.29 is 31.9 Å². The van der Waals surface area contributed by atoms with Gasteiger partial charge in [-0.15, -0.1) is 0 Å². The fraction of sp³-hybridized carbons (Fsp3) is 0.462. The molecule has 1 heterocycles. The highest BCUT2D eigenvalue weighted by Gasteiger charge is 2.33. The van der Waals surface area contributed by atoms with Gasteiger partial charge in [0.05, 0.1) is 24.8 Å². The molecule has 0 radical (unpaired) electrons. The first-order valence-electron chi connectivity index (χ1n) is 11.6. The molecule has 1 aliphatic heterocycles. The molecule has 190 valence electrons. The number of amides is 2. The SMILES string of the molecule is CC(C)C[C@@H](COCc1ccc(F)cc1)N1CCN(C(=O)c2cccc(C(F)(F)F)c2)CCC1=O. The number of hydrogen-bond acceptors (Lipinski definition) is 3. The van der Waals surface area contributed by atoms with E-state index in [2.05, 4.69) is 0 Å². The molecule has 0 aliphatic carbocycles. The van der Waals surface area contributed by atoms with E-state index in [1.807, 2.05) is 13.8 Å². The molecule has 0 aromatic heterocycles. The summed E-state index contributed by atoms with van der Waals surface area (Å²) >= 11 is 0. The van der Waals surface area contributed by atoms with Gasteiger partial charge in [-0.2, -0.15) is 13.2 Å². The Morgan fingerprint density at radius 1 is 1.06 bits per heavy atom. The number of nitrogens with zero attached hydrogens (tertiary/aromatic N) is 2. The Kier molecular flexibility index (Phi) is 8.88. The monoisotopic (exact) mass is 494 g/mol. The molecule has 1 aliphatic rings. The van der Waals surface area contributed by atoms with Crippen LogP contribution in [0.4, 0.5) is 17.6 Å². The van der Waals surface area contributed by atoms with Crippen molar-refractivity contribution in [1.82, 2.24) is 9.80 Å². The molecule has 0 saturated carbocycles. The highest BCUT2D eigenvalue weighted by Crippen LogP contribution is 2.30. The van der Waals surface area contributed by atoms with Crippen molar-refractivity contribution in [2.45, 2.75) is 45.5 Å². The van der Waals surface area contributed by atoms with Crippen LogP contribution in [-0.2, 0) is 22.3 Å². The summed E-state index contributed by atoms with van der Waals surface area (Å²) < 4.78 is 58.1. The van der Waals surface area contributed by atoms with Crippen molar-refractivity contribution in [3.05, 3.63) is 71.0 Å². The number of benzene rings is 2. The standard InChI is InChI=1S/C26H30F4N2O3/c1-18(2)14-23(17-35-16-19-6-8-22(27)9-7-19)32-13-12-31(11-10-24(32)33)25(34)20-4-3-5-21(15-20)26(28,29)30/h3-9,15,18,23H,10-14,16-17H2,1-2H3/t23-/m0/s1. The third-order valence-electron chi connectivity index (χ3n) is 5.93. The molecule has 2 aromatic rings. The summed E-state index contributed by atoms with van der Waals surface area (Å²) in [5.74, 6) is -0.696. The normalized spacial score (nSPS) is 15.9. The Morgan fingerprint density at radius 3 is 2.43 bits per heavy atom. The second-order valence-corrected chi connectivity index (χ2v) is 9.13. The fourth-order valence-electron chi connectivity index (χ4n) is 4.16. The minimum atomic E-state index is -4.54. The zero-order valence-corrected chi connectivity index (χ0v) is 19.9. The Labute approximate surface area is 202 Å². The van der Waals surface area contributed by atoms with Gasteiger partial charge in [0.2, 0.25) is 5.91 Å². The van der Waals surface area contributed by atoms with Crippen LogP contribution in [0.15, 0.2) is 48.5 Å². The summed E-state index contributed by atoms with van der Waals surface area (Å²) in [5, 5.41) is 0. The van der Waals surface area contributed by atoms with Crippen molar-refractivity contribution in [3.8, 4) is 0 Å². The van der Waals surface area contributed by atoms with Crippen LogP contribution in [0, 0.1) is 11.7 Å². The molecule has 2 amide bonds. The van der Waals surface area contributed by atoms with Crippen molar-refractivity contribution in [3.63, 3.8) is 0 Å². The van der Waals surface area contributed by atoms with Crippen LogP contribution < -0.4 is 0 Å². The lowest BCUT2D eigenvalue weighted by atomic mass is 10.0. The van der Waals surface area contributed by atoms with E-state index in [0.29, 0.717) is 6.42 Å². The first-order valence-corrected chi connectivity index (χ1v) is 11.6. The molecule has 35 heavy (non-hydrogen) atoms. The van der Waals surface area contributed by atoms with Gasteiger partial charge >= 0.3 is 6.18 Å². The molecule has 1 atom stereocenters. The predicted octanol–water partition coefficient (Wildman–Crippen LogP) is 5.15. The molecule has 0 bridgehead atoms. The maximum absolute atomic E-state index is 13.1. The van der Waals surface area contributed by atoms with Gasteiger partial charge < -0.3 is 14.5 Å². The topological polar surface area (TPSA) is 49.9 Å². The van der Waals surface area contributed by atoms with Gasteiger partial charge in [0.1, 0.15) is 5.82 Å². The predicted molar refractivity (Wildman–Crippen MR) is 123 cm³/mol. The smallest absolute Gasteiger partial charge is 0.375 e. The zero-order valence-electron chi connectivity index (χ0n) is 19.9. The Balaban J connectivity index is 1.66. The molecular weight excluding hydrogens is 464 g/mol. The van der Waals surface area contributed by atoms with Crippen LogP contribution in [0.3, 0.4) is 0 Å². The third kappa shape index (κ3) is 7.52. The van der Waals surface area contributed by atoms with E-state index in [1.165, 1.54) is 29.2 Å². The van der Waals surface area contributed by atoms with E-state index in [9.17, 15) is 27.2 Å². The number of carbonyl (C=O) groups is 2. The Bertz CT molecular complexity index is 1010. The number of rotatable bonds is 8. The van der Waals surface area contributed by atoms with E-state index < -0.39 is 17.6 Å². The lowest BCUT2D eigenvalue weighted by Crippen LogP contribution is -2.45. The number of alkyl halides is 3. The van der Waals surface area contributed by atoms with Gasteiger partial charge in [-0.3, -0.25) is 9.59 Å². The maximum Gasteiger partial charge on any atom is 0.416 e. The minimum absolute atomic E-state index is 0.0536. The first kappa shape index (κ1) is 26.7. The summed E-state index contributed by atoms with van der Waals surface area (Å²) in [6, 6.07) is 10.1. The number of ether oxygens (including phenoxy) is 1. The highest BCUT2D eigenvalue weighted by molar-refractivity contribution is 5.95. The number of carbonyl (C=O) groups excluding carboxylic acids is 2. The van der Waals surface area contributed by atoms with E-state index >= 15 is 0 Å². The molecule has 0 unspecified atom stereocenters. The van der Waals surface area contributed by atoms with Crippen molar-refractivity contribution in [2.24, 2.45) is 5.92 Å². The van der Waals surface area contributed by atoms with Crippen LogP contribution in [0.2, 0.25) is 0 Å². The van der Waals surface area contributed by atoms with Gasteiger partial charge in [0.15, 0.2) is 0 Å². The molecule has 0 N–H and O–H groups in total. The average Bonchev–Trinajstić information content (AvgIpc) is 3.00. The summed E-state index contributed by atoms with van der Waals surface area (Å²) in [5.41, 5.74) is -0.122. The zero-order chi connectivity index (χ0) is 25.6. The molecule has 3 rings (SSSR count). The quantitative estimate of drug-likeness (QED) is 0.477. The number of hydrogen-bond donors (Lipinski definition) is 0. The molecule has 9 heteroatoms. The molecule has 2 aromatic carbocycles. The lowest BCUT2D eigenvalue weighted by molar-refractivity contribution is -0.137. The third-order valence-corrected chi connectivity index (χ3v) is 5.93. The average molecular weight is 495 g/mol. The molecule has 5 nitrogen and oxygen atoms in total. The maximum atomic E-state index is 13.1. The van der Waals surface area contributed by atoms with Crippen molar-refractivity contribution in [2.75, 3.05) is 26.2 Å². The highest BCUT2D eigenvalue weighted by atomic mass is 19.4. The van der Waals surface area contributed by atoms with Crippen LogP contribution >= 0.6 is 0 Å². The largest absolute Gasteiger partial charge is 0.416 e. The van der Waals surface area contributed by atoms with Crippen LogP contribution in [-0.4, -0.2) is 53.9 Å². The van der Waals surface area contributed by atoms with E-state index in [0.717, 1.165) is 17.7 Å². The Morgan fingerprint density at radius 2 is 1.77 bits per heavy atom. The van der Waals surface area contributed by atoms with Crippen molar-refractivity contribution in [1.29, 1.82) is 0 Å². The second kappa shape index (κ2) is 11.7. The van der Waals surface area contributed by atoms with Gasteiger partial charge in [0.25, 0.3) is 5.91 Å². The lowest BCUT2D eigenvalue weighted by Gasteiger charge is -2.32. The summed E-state index contributed by atoms with van der Waals surface area (Å²) in [6.07, 6.45) is -3.77. The Hall–Kier alpha value is -2.94. The second-order valence-electron chi connectivity index (χ2n) is 9.13. The minimum Gasteiger partial charge on any atom is -0.375 e. The van der Waals surface area contributed by atoms with Crippen molar-refractivity contribution >= 4 is 11.8 Å². The van der Waals surface area contributed by atoms with Gasteiger partial charge in [0, 0.05) is 31.6 Å². The van der Waals surface area contributed by atoms with E-state index in [4.69, 9.17) is 4.74 Å². The van der Waals surface area contributed by atoms with Crippen LogP contribution in [0.1, 0.15) is 48.2 Å². The van der Waals surface area contributed by atoms with Gasteiger partial charge in [-0.1, -0.05) is 32.0 Å². The van der Waals surface area contributed by atoms with E-state index in [1.54, 1.807) is 17.0 Å². The molecule has 1 saturated heterocycles. The van der Waals surface area contributed by atoms with Gasteiger partial charge in [-0.25, -0.2) is 4.39 Å².